The Morgan fingerprint density at radius 1 is 1.25 bits per heavy atom. The number of nitrogen functional groups attached to an aromatic ring is 1. The molecular formula is C17H17N5O2. The van der Waals surface area contributed by atoms with Gasteiger partial charge in [-0.05, 0) is 36.8 Å². The standard InChI is InChI=1S/C17H17N5O2/c1-12-8-9-21(20-12)16-5-3-2-4-13(16)11-19-15-10-14(18)6-7-17(15)22(23)24/h2-10,19H,11,18H2,1H3. The predicted octanol–water partition coefficient (Wildman–Crippen LogP) is 3.28. The molecule has 0 spiro atoms. The van der Waals surface area contributed by atoms with E-state index in [1.54, 1.807) is 10.7 Å². The minimum absolute atomic E-state index is 0.00313. The summed E-state index contributed by atoms with van der Waals surface area (Å²) in [7, 11) is 0. The van der Waals surface area contributed by atoms with E-state index in [1.165, 1.54) is 12.1 Å². The topological polar surface area (TPSA) is 99.0 Å². The number of nitrogens with zero attached hydrogens (tertiary/aromatic N) is 3. The molecular weight excluding hydrogens is 306 g/mol. The van der Waals surface area contributed by atoms with E-state index in [1.807, 2.05) is 43.5 Å². The Morgan fingerprint density at radius 2 is 2.04 bits per heavy atom. The molecule has 0 atom stereocenters. The summed E-state index contributed by atoms with van der Waals surface area (Å²) >= 11 is 0. The maximum absolute atomic E-state index is 11.1. The minimum Gasteiger partial charge on any atom is -0.399 e. The number of benzene rings is 2. The van der Waals surface area contributed by atoms with Gasteiger partial charge in [-0.1, -0.05) is 18.2 Å². The normalized spacial score (nSPS) is 10.5. The van der Waals surface area contributed by atoms with Crippen LogP contribution in [0.5, 0.6) is 0 Å². The van der Waals surface area contributed by atoms with Crippen molar-refractivity contribution in [1.29, 1.82) is 0 Å². The molecule has 0 bridgehead atoms. The molecule has 0 radical (unpaired) electrons. The summed E-state index contributed by atoms with van der Waals surface area (Å²) in [6.45, 7) is 2.34. The van der Waals surface area contributed by atoms with Gasteiger partial charge in [0.2, 0.25) is 0 Å². The zero-order valence-corrected chi connectivity index (χ0v) is 13.1. The highest BCUT2D eigenvalue weighted by Gasteiger charge is 2.14. The first-order chi connectivity index (χ1) is 11.5. The van der Waals surface area contributed by atoms with Crippen molar-refractivity contribution in [2.24, 2.45) is 0 Å². The van der Waals surface area contributed by atoms with Crippen LogP contribution >= 0.6 is 0 Å². The van der Waals surface area contributed by atoms with Crippen molar-refractivity contribution < 1.29 is 4.92 Å². The molecule has 0 saturated heterocycles. The molecule has 122 valence electrons. The van der Waals surface area contributed by atoms with Crippen molar-refractivity contribution in [3.05, 3.63) is 76.1 Å². The summed E-state index contributed by atoms with van der Waals surface area (Å²) < 4.78 is 1.79. The van der Waals surface area contributed by atoms with Crippen LogP contribution in [0.15, 0.2) is 54.7 Å². The second-order valence-electron chi connectivity index (χ2n) is 5.42. The number of nitrogens with two attached hydrogens (primary N) is 1. The van der Waals surface area contributed by atoms with Gasteiger partial charge in [0.15, 0.2) is 0 Å². The smallest absolute Gasteiger partial charge is 0.292 e. The summed E-state index contributed by atoms with van der Waals surface area (Å²) in [6, 6.07) is 14.2. The summed E-state index contributed by atoms with van der Waals surface area (Å²) in [5, 5.41) is 18.7. The van der Waals surface area contributed by atoms with Crippen LogP contribution in [-0.2, 0) is 6.54 Å². The number of nitro groups is 1. The van der Waals surface area contributed by atoms with E-state index < -0.39 is 4.92 Å². The van der Waals surface area contributed by atoms with Gasteiger partial charge >= 0.3 is 0 Å². The quantitative estimate of drug-likeness (QED) is 0.426. The van der Waals surface area contributed by atoms with E-state index in [9.17, 15) is 10.1 Å². The highest BCUT2D eigenvalue weighted by molar-refractivity contribution is 5.67. The minimum atomic E-state index is -0.426. The van der Waals surface area contributed by atoms with Crippen molar-refractivity contribution in [3.8, 4) is 5.69 Å². The van der Waals surface area contributed by atoms with E-state index >= 15 is 0 Å². The van der Waals surface area contributed by atoms with Crippen molar-refractivity contribution in [3.63, 3.8) is 0 Å². The number of nitrogens with one attached hydrogen (secondary N) is 1. The van der Waals surface area contributed by atoms with Gasteiger partial charge in [-0.15, -0.1) is 0 Å². The van der Waals surface area contributed by atoms with Crippen LogP contribution in [0.4, 0.5) is 17.1 Å². The van der Waals surface area contributed by atoms with Gasteiger partial charge in [-0.25, -0.2) is 4.68 Å². The maximum Gasteiger partial charge on any atom is 0.292 e. The molecule has 3 aromatic rings. The number of hydrogen-bond donors (Lipinski definition) is 2. The Balaban J connectivity index is 1.89. The van der Waals surface area contributed by atoms with E-state index in [-0.39, 0.29) is 5.69 Å². The second kappa shape index (κ2) is 6.41. The molecule has 0 aliphatic carbocycles. The van der Waals surface area contributed by atoms with E-state index in [2.05, 4.69) is 10.4 Å². The number of para-hydroxylation sites is 1. The second-order valence-corrected chi connectivity index (χ2v) is 5.42. The first-order valence-corrected chi connectivity index (χ1v) is 7.43. The van der Waals surface area contributed by atoms with Crippen LogP contribution < -0.4 is 11.1 Å². The van der Waals surface area contributed by atoms with Crippen LogP contribution in [0.25, 0.3) is 5.69 Å². The fourth-order valence-electron chi connectivity index (χ4n) is 2.48. The van der Waals surface area contributed by atoms with Gasteiger partial charge in [-0.3, -0.25) is 10.1 Å². The van der Waals surface area contributed by atoms with Gasteiger partial charge in [0.1, 0.15) is 5.69 Å². The van der Waals surface area contributed by atoms with Crippen molar-refractivity contribution in [1.82, 2.24) is 9.78 Å². The average molecular weight is 323 g/mol. The Hall–Kier alpha value is -3.35. The number of hydrogen-bond acceptors (Lipinski definition) is 5. The Bertz CT molecular complexity index is 888. The Kier molecular flexibility index (Phi) is 4.15. The van der Waals surface area contributed by atoms with Crippen LogP contribution in [-0.4, -0.2) is 14.7 Å². The number of nitro benzene ring substituents is 1. The van der Waals surface area contributed by atoms with E-state index in [0.29, 0.717) is 17.9 Å². The summed E-state index contributed by atoms with van der Waals surface area (Å²) in [4.78, 5) is 10.7. The van der Waals surface area contributed by atoms with Crippen LogP contribution in [0.2, 0.25) is 0 Å². The van der Waals surface area contributed by atoms with E-state index in [4.69, 9.17) is 5.73 Å². The number of anilines is 2. The highest BCUT2D eigenvalue weighted by atomic mass is 16.6. The fraction of sp³-hybridized carbons (Fsp3) is 0.118. The zero-order chi connectivity index (χ0) is 17.1. The lowest BCUT2D eigenvalue weighted by Gasteiger charge is -2.12. The summed E-state index contributed by atoms with van der Waals surface area (Å²) in [6.07, 6.45) is 1.89. The first kappa shape index (κ1) is 15.5. The van der Waals surface area contributed by atoms with Gasteiger partial charge in [0.25, 0.3) is 5.69 Å². The predicted molar refractivity (Wildman–Crippen MR) is 93.1 cm³/mol. The molecule has 7 nitrogen and oxygen atoms in total. The lowest BCUT2D eigenvalue weighted by molar-refractivity contribution is -0.383. The van der Waals surface area contributed by atoms with Gasteiger partial charge in [-0.2, -0.15) is 5.10 Å². The van der Waals surface area contributed by atoms with Gasteiger partial charge in [0.05, 0.1) is 16.3 Å². The molecule has 7 heteroatoms. The monoisotopic (exact) mass is 323 g/mol. The molecule has 1 aromatic heterocycles. The Morgan fingerprint density at radius 3 is 2.75 bits per heavy atom. The third kappa shape index (κ3) is 3.19. The first-order valence-electron chi connectivity index (χ1n) is 7.43. The lowest BCUT2D eigenvalue weighted by Crippen LogP contribution is -2.07. The van der Waals surface area contributed by atoms with E-state index in [0.717, 1.165) is 16.9 Å². The molecule has 3 rings (SSSR count). The number of rotatable bonds is 5. The molecule has 3 N–H and O–H groups in total. The number of aromatic nitrogens is 2. The van der Waals surface area contributed by atoms with Gasteiger partial charge < -0.3 is 11.1 Å². The molecule has 1 heterocycles. The molecule has 24 heavy (non-hydrogen) atoms. The largest absolute Gasteiger partial charge is 0.399 e. The molecule has 0 unspecified atom stereocenters. The zero-order valence-electron chi connectivity index (χ0n) is 13.1. The van der Waals surface area contributed by atoms with Crippen LogP contribution in [0.3, 0.4) is 0 Å². The SMILES string of the molecule is Cc1ccn(-c2ccccc2CNc2cc(N)ccc2[N+](=O)[O-])n1. The van der Waals surface area contributed by atoms with Crippen molar-refractivity contribution in [2.75, 3.05) is 11.1 Å². The maximum atomic E-state index is 11.1. The van der Waals surface area contributed by atoms with Crippen LogP contribution in [0.1, 0.15) is 11.3 Å². The highest BCUT2D eigenvalue weighted by Crippen LogP contribution is 2.27. The number of aryl methyl sites for hydroxylation is 1. The van der Waals surface area contributed by atoms with Crippen molar-refractivity contribution in [2.45, 2.75) is 13.5 Å². The van der Waals surface area contributed by atoms with Gasteiger partial charge in [0, 0.05) is 24.5 Å². The fourth-order valence-corrected chi connectivity index (χ4v) is 2.48. The lowest BCUT2D eigenvalue weighted by atomic mass is 10.1. The molecule has 0 aliphatic heterocycles. The summed E-state index contributed by atoms with van der Waals surface area (Å²) in [5.41, 5.74) is 9.42. The molecule has 0 fully saturated rings. The molecule has 0 aliphatic rings. The molecule has 2 aromatic carbocycles. The summed E-state index contributed by atoms with van der Waals surface area (Å²) in [5.74, 6) is 0. The van der Waals surface area contributed by atoms with Crippen molar-refractivity contribution >= 4 is 17.1 Å². The third-order valence-corrected chi connectivity index (χ3v) is 3.65. The molecule has 0 amide bonds. The average Bonchev–Trinajstić information content (AvgIpc) is 2.99. The Labute approximate surface area is 138 Å². The third-order valence-electron chi connectivity index (χ3n) is 3.65. The van der Waals surface area contributed by atoms with Crippen LogP contribution in [0, 0.1) is 17.0 Å². The molecule has 0 saturated carbocycles.